The van der Waals surface area contributed by atoms with Gasteiger partial charge in [-0.15, -0.1) is 0 Å². The highest BCUT2D eigenvalue weighted by molar-refractivity contribution is 14.1. The van der Waals surface area contributed by atoms with Crippen molar-refractivity contribution in [2.45, 2.75) is 5.22 Å². The third-order valence-electron chi connectivity index (χ3n) is 2.85. The monoisotopic (exact) mass is 437 g/mol. The molecule has 0 unspecified atom stereocenters. The molecule has 0 aliphatic heterocycles. The number of benzene rings is 2. The standard InChI is InChI=1S/C16H12IN3O2S/c17-12-5-3-4-11(8-12)9-18-20-15(21)10-23-16-19-13-6-1-2-7-14(13)22-16/h1-9H,10H2,(H,20,21). The van der Waals surface area contributed by atoms with Crippen molar-refractivity contribution in [2.75, 3.05) is 5.75 Å². The highest BCUT2D eigenvalue weighted by Gasteiger charge is 2.08. The first-order chi connectivity index (χ1) is 11.2. The Morgan fingerprint density at radius 2 is 2.17 bits per heavy atom. The number of hydrazone groups is 1. The van der Waals surface area contributed by atoms with E-state index in [9.17, 15) is 4.79 Å². The first-order valence-electron chi connectivity index (χ1n) is 6.76. The molecule has 2 aromatic carbocycles. The number of nitrogens with zero attached hydrogens (tertiary/aromatic N) is 2. The van der Waals surface area contributed by atoms with Crippen LogP contribution in [0.1, 0.15) is 5.56 Å². The summed E-state index contributed by atoms with van der Waals surface area (Å²) in [5.41, 5.74) is 4.93. The fourth-order valence-electron chi connectivity index (χ4n) is 1.84. The number of fused-ring (bicyclic) bond motifs is 1. The van der Waals surface area contributed by atoms with E-state index in [1.807, 2.05) is 48.5 Å². The quantitative estimate of drug-likeness (QED) is 0.286. The summed E-state index contributed by atoms with van der Waals surface area (Å²) in [6, 6.07) is 15.3. The Balaban J connectivity index is 1.51. The number of thioether (sulfide) groups is 1. The first-order valence-corrected chi connectivity index (χ1v) is 8.83. The molecule has 0 fully saturated rings. The molecule has 0 spiro atoms. The molecule has 3 rings (SSSR count). The van der Waals surface area contributed by atoms with Crippen LogP contribution in [0, 0.1) is 3.57 Å². The van der Waals surface area contributed by atoms with Gasteiger partial charge in [0.05, 0.1) is 12.0 Å². The Bertz CT molecular complexity index is 830. The summed E-state index contributed by atoms with van der Waals surface area (Å²) in [4.78, 5) is 16.1. The van der Waals surface area contributed by atoms with Crippen LogP contribution in [0.5, 0.6) is 0 Å². The second-order valence-electron chi connectivity index (χ2n) is 4.58. The molecule has 23 heavy (non-hydrogen) atoms. The van der Waals surface area contributed by atoms with Gasteiger partial charge >= 0.3 is 0 Å². The molecule has 0 aliphatic rings. The lowest BCUT2D eigenvalue weighted by Gasteiger charge is -1.97. The van der Waals surface area contributed by atoms with Crippen LogP contribution in [0.25, 0.3) is 11.1 Å². The van der Waals surface area contributed by atoms with Crippen molar-refractivity contribution < 1.29 is 9.21 Å². The summed E-state index contributed by atoms with van der Waals surface area (Å²) >= 11 is 3.46. The Morgan fingerprint density at radius 1 is 1.30 bits per heavy atom. The van der Waals surface area contributed by atoms with Crippen molar-refractivity contribution in [1.82, 2.24) is 10.4 Å². The first kappa shape index (κ1) is 16.0. The van der Waals surface area contributed by atoms with Gasteiger partial charge in [-0.3, -0.25) is 4.79 Å². The molecular formula is C16H12IN3O2S. The number of amides is 1. The van der Waals surface area contributed by atoms with E-state index in [4.69, 9.17) is 4.42 Å². The number of oxazole rings is 1. The number of aromatic nitrogens is 1. The summed E-state index contributed by atoms with van der Waals surface area (Å²) in [6.07, 6.45) is 1.62. The van der Waals surface area contributed by atoms with Gasteiger partial charge < -0.3 is 4.42 Å². The molecule has 3 aromatic rings. The predicted molar refractivity (Wildman–Crippen MR) is 99.6 cm³/mol. The van der Waals surface area contributed by atoms with Crippen LogP contribution in [0.4, 0.5) is 0 Å². The largest absolute Gasteiger partial charge is 0.431 e. The lowest BCUT2D eigenvalue weighted by molar-refractivity contribution is -0.118. The minimum Gasteiger partial charge on any atom is -0.431 e. The number of rotatable bonds is 5. The molecule has 1 N–H and O–H groups in total. The van der Waals surface area contributed by atoms with Crippen LogP contribution < -0.4 is 5.43 Å². The van der Waals surface area contributed by atoms with Crippen molar-refractivity contribution in [3.8, 4) is 0 Å². The maximum atomic E-state index is 11.8. The highest BCUT2D eigenvalue weighted by Crippen LogP contribution is 2.22. The van der Waals surface area contributed by atoms with Gasteiger partial charge in [-0.1, -0.05) is 36.0 Å². The van der Waals surface area contributed by atoms with Gasteiger partial charge in [0, 0.05) is 3.57 Å². The van der Waals surface area contributed by atoms with Crippen LogP contribution in [-0.4, -0.2) is 22.9 Å². The van der Waals surface area contributed by atoms with Crippen molar-refractivity contribution in [3.05, 3.63) is 57.7 Å². The number of halogens is 1. The molecule has 116 valence electrons. The van der Waals surface area contributed by atoms with Gasteiger partial charge in [0.25, 0.3) is 11.1 Å². The normalized spacial score (nSPS) is 11.2. The Kier molecular flexibility index (Phi) is 5.29. The van der Waals surface area contributed by atoms with Gasteiger partial charge in [0.1, 0.15) is 5.52 Å². The summed E-state index contributed by atoms with van der Waals surface area (Å²) in [6.45, 7) is 0. The zero-order chi connectivity index (χ0) is 16.1. The Labute approximate surface area is 150 Å². The SMILES string of the molecule is O=C(CSc1nc2ccccc2o1)NN=Cc1cccc(I)c1. The van der Waals surface area contributed by atoms with Crippen molar-refractivity contribution in [1.29, 1.82) is 0 Å². The van der Waals surface area contributed by atoms with Crippen LogP contribution in [0.15, 0.2) is 63.3 Å². The van der Waals surface area contributed by atoms with E-state index < -0.39 is 0 Å². The van der Waals surface area contributed by atoms with Crippen molar-refractivity contribution in [3.63, 3.8) is 0 Å². The van der Waals surface area contributed by atoms with E-state index in [1.165, 1.54) is 11.8 Å². The second-order valence-corrected chi connectivity index (χ2v) is 6.76. The molecule has 0 saturated heterocycles. The maximum absolute atomic E-state index is 11.8. The topological polar surface area (TPSA) is 67.5 Å². The zero-order valence-corrected chi connectivity index (χ0v) is 14.9. The van der Waals surface area contributed by atoms with Crippen LogP contribution in [0.3, 0.4) is 0 Å². The van der Waals surface area contributed by atoms with E-state index in [0.29, 0.717) is 10.8 Å². The third kappa shape index (κ3) is 4.55. The summed E-state index contributed by atoms with van der Waals surface area (Å²) in [5, 5.41) is 4.42. The molecule has 7 heteroatoms. The molecule has 5 nitrogen and oxygen atoms in total. The second kappa shape index (κ2) is 7.60. The van der Waals surface area contributed by atoms with E-state index in [1.54, 1.807) is 6.21 Å². The molecule has 0 atom stereocenters. The van der Waals surface area contributed by atoms with E-state index in [-0.39, 0.29) is 11.7 Å². The van der Waals surface area contributed by atoms with Gasteiger partial charge in [0.15, 0.2) is 5.58 Å². The number of nitrogens with one attached hydrogen (secondary N) is 1. The number of carbonyl (C=O) groups is 1. The molecule has 0 saturated carbocycles. The Hall–Kier alpha value is -1.87. The average molecular weight is 437 g/mol. The predicted octanol–water partition coefficient (Wildman–Crippen LogP) is 3.67. The summed E-state index contributed by atoms with van der Waals surface area (Å²) in [5.74, 6) is -0.0182. The van der Waals surface area contributed by atoms with Crippen LogP contribution in [0.2, 0.25) is 0 Å². The van der Waals surface area contributed by atoms with Gasteiger partial charge in [-0.2, -0.15) is 5.10 Å². The van der Waals surface area contributed by atoms with E-state index in [0.717, 1.165) is 14.7 Å². The molecule has 1 amide bonds. The zero-order valence-electron chi connectivity index (χ0n) is 11.9. The third-order valence-corrected chi connectivity index (χ3v) is 4.35. The van der Waals surface area contributed by atoms with Crippen LogP contribution in [-0.2, 0) is 4.79 Å². The fourth-order valence-corrected chi connectivity index (χ4v) is 3.04. The lowest BCUT2D eigenvalue weighted by Crippen LogP contribution is -2.19. The van der Waals surface area contributed by atoms with Crippen molar-refractivity contribution >= 4 is 57.6 Å². The van der Waals surface area contributed by atoms with Gasteiger partial charge in [-0.25, -0.2) is 10.4 Å². The smallest absolute Gasteiger partial charge is 0.257 e. The van der Waals surface area contributed by atoms with E-state index >= 15 is 0 Å². The number of hydrogen-bond acceptors (Lipinski definition) is 5. The van der Waals surface area contributed by atoms with Crippen LogP contribution >= 0.6 is 34.4 Å². The molecule has 1 heterocycles. The Morgan fingerprint density at radius 3 is 3.00 bits per heavy atom. The summed E-state index contributed by atoms with van der Waals surface area (Å²) < 4.78 is 6.65. The van der Waals surface area contributed by atoms with Gasteiger partial charge in [0.2, 0.25) is 0 Å². The van der Waals surface area contributed by atoms with E-state index in [2.05, 4.69) is 38.1 Å². The maximum Gasteiger partial charge on any atom is 0.257 e. The highest BCUT2D eigenvalue weighted by atomic mass is 127. The lowest BCUT2D eigenvalue weighted by atomic mass is 10.2. The molecule has 0 radical (unpaired) electrons. The fraction of sp³-hybridized carbons (Fsp3) is 0.0625. The molecule has 0 aliphatic carbocycles. The minimum absolute atomic E-state index is 0.191. The number of hydrogen-bond donors (Lipinski definition) is 1. The molecule has 1 aromatic heterocycles. The average Bonchev–Trinajstić information content (AvgIpc) is 2.96. The minimum atomic E-state index is -0.209. The van der Waals surface area contributed by atoms with Gasteiger partial charge in [-0.05, 0) is 52.4 Å². The number of para-hydroxylation sites is 2. The summed E-state index contributed by atoms with van der Waals surface area (Å²) in [7, 11) is 0. The van der Waals surface area contributed by atoms with Crippen molar-refractivity contribution in [2.24, 2.45) is 5.10 Å². The molecule has 0 bridgehead atoms. The number of carbonyl (C=O) groups excluding carboxylic acids is 1. The molecular weight excluding hydrogens is 425 g/mol.